The van der Waals surface area contributed by atoms with Gasteiger partial charge < -0.3 is 10.6 Å². The fraction of sp³-hybridized carbons (Fsp3) is 0.316. The van der Waals surface area contributed by atoms with Gasteiger partial charge in [0.05, 0.1) is 0 Å². The molecule has 24 heavy (non-hydrogen) atoms. The lowest BCUT2D eigenvalue weighted by Gasteiger charge is -2.21. The summed E-state index contributed by atoms with van der Waals surface area (Å²) in [6.07, 6.45) is 1.40. The lowest BCUT2D eigenvalue weighted by Crippen LogP contribution is -2.42. The van der Waals surface area contributed by atoms with Gasteiger partial charge in [0.1, 0.15) is 11.7 Å². The van der Waals surface area contributed by atoms with E-state index in [1.165, 1.54) is 0 Å². The van der Waals surface area contributed by atoms with Crippen LogP contribution < -0.4 is 10.6 Å². The molecule has 2 aromatic rings. The molecule has 0 radical (unpaired) electrons. The predicted molar refractivity (Wildman–Crippen MR) is 93.5 cm³/mol. The minimum Gasteiger partial charge on any atom is -0.355 e. The zero-order valence-electron chi connectivity index (χ0n) is 13.9. The Hall–Kier alpha value is -2.69. The van der Waals surface area contributed by atoms with E-state index in [0.29, 0.717) is 18.8 Å². The van der Waals surface area contributed by atoms with E-state index >= 15 is 0 Å². The summed E-state index contributed by atoms with van der Waals surface area (Å²) >= 11 is 0. The maximum Gasteiger partial charge on any atom is 0.238 e. The van der Waals surface area contributed by atoms with Crippen molar-refractivity contribution in [3.05, 3.63) is 47.7 Å². The second kappa shape index (κ2) is 6.83. The van der Waals surface area contributed by atoms with Crippen LogP contribution in [-0.2, 0) is 9.59 Å². The molecule has 2 amide bonds. The molecule has 124 valence electrons. The molecule has 1 aromatic heterocycles. The number of carbonyl (C=O) groups excluding carboxylic acids is 2. The number of aryl methyl sites for hydroxylation is 1. The number of rotatable bonds is 3. The molecule has 2 heterocycles. The fourth-order valence-corrected chi connectivity index (χ4v) is 2.95. The normalized spacial score (nSPS) is 17.2. The molecular weight excluding hydrogens is 302 g/mol. The van der Waals surface area contributed by atoms with Crippen molar-refractivity contribution in [3.63, 3.8) is 0 Å². The third-order valence-corrected chi connectivity index (χ3v) is 4.45. The van der Waals surface area contributed by atoms with Crippen molar-refractivity contribution >= 4 is 17.6 Å². The molecule has 1 fully saturated rings. The van der Waals surface area contributed by atoms with Gasteiger partial charge in [0.2, 0.25) is 11.8 Å². The van der Waals surface area contributed by atoms with E-state index in [4.69, 9.17) is 0 Å². The first-order valence-electron chi connectivity index (χ1n) is 8.18. The van der Waals surface area contributed by atoms with Gasteiger partial charge in [-0.2, -0.15) is 0 Å². The van der Waals surface area contributed by atoms with Crippen molar-refractivity contribution in [1.82, 2.24) is 10.3 Å². The summed E-state index contributed by atoms with van der Waals surface area (Å²) in [5, 5.41) is 5.55. The number of pyridine rings is 1. The minimum atomic E-state index is -0.637. The van der Waals surface area contributed by atoms with E-state index < -0.39 is 5.92 Å². The highest BCUT2D eigenvalue weighted by atomic mass is 16.2. The molecule has 1 aliphatic heterocycles. The van der Waals surface area contributed by atoms with Crippen molar-refractivity contribution < 1.29 is 9.59 Å². The summed E-state index contributed by atoms with van der Waals surface area (Å²) in [6.45, 7) is 4.58. The van der Waals surface area contributed by atoms with Crippen LogP contribution in [0.15, 0.2) is 36.4 Å². The van der Waals surface area contributed by atoms with E-state index in [-0.39, 0.29) is 11.8 Å². The Kier molecular flexibility index (Phi) is 4.60. The lowest BCUT2D eigenvalue weighted by molar-refractivity contribution is -0.134. The second-order valence-corrected chi connectivity index (χ2v) is 6.11. The second-order valence-electron chi connectivity index (χ2n) is 6.11. The van der Waals surface area contributed by atoms with Crippen molar-refractivity contribution in [1.29, 1.82) is 0 Å². The third kappa shape index (κ3) is 3.30. The van der Waals surface area contributed by atoms with Crippen LogP contribution in [-0.4, -0.2) is 23.3 Å². The predicted octanol–water partition coefficient (Wildman–Crippen LogP) is 2.83. The number of hydrogen-bond donors (Lipinski definition) is 2. The molecule has 2 N–H and O–H groups in total. The Morgan fingerprint density at radius 2 is 2.00 bits per heavy atom. The van der Waals surface area contributed by atoms with Crippen LogP contribution >= 0.6 is 0 Å². The summed E-state index contributed by atoms with van der Waals surface area (Å²) in [5.41, 5.74) is 4.05. The molecular formula is C19H21N3O2. The first-order chi connectivity index (χ1) is 11.6. The Morgan fingerprint density at radius 3 is 2.71 bits per heavy atom. The third-order valence-electron chi connectivity index (χ3n) is 4.45. The lowest BCUT2D eigenvalue weighted by atomic mass is 9.97. The highest BCUT2D eigenvalue weighted by Crippen LogP contribution is 2.27. The highest BCUT2D eigenvalue weighted by molar-refractivity contribution is 6.06. The first kappa shape index (κ1) is 16.2. The average molecular weight is 323 g/mol. The first-order valence-corrected chi connectivity index (χ1v) is 8.18. The average Bonchev–Trinajstić information content (AvgIpc) is 2.59. The standard InChI is InChI=1S/C19H21N3O2/c1-12-13(2)21-17(11-16(12)14-7-4-3-5-8-14)22-19(24)15-9-6-10-20-18(15)23/h3-5,7-8,11,15H,6,9-10H2,1-2H3,(H,20,23)(H,21,22,24). The number of nitrogens with one attached hydrogen (secondary N) is 2. The van der Waals surface area contributed by atoms with E-state index in [0.717, 1.165) is 28.8 Å². The van der Waals surface area contributed by atoms with Gasteiger partial charge in [-0.05, 0) is 49.4 Å². The minimum absolute atomic E-state index is 0.203. The fourth-order valence-electron chi connectivity index (χ4n) is 2.95. The van der Waals surface area contributed by atoms with Gasteiger partial charge in [-0.15, -0.1) is 0 Å². The molecule has 1 saturated heterocycles. The van der Waals surface area contributed by atoms with E-state index in [1.54, 1.807) is 0 Å². The number of aromatic nitrogens is 1. The van der Waals surface area contributed by atoms with Gasteiger partial charge in [-0.1, -0.05) is 30.3 Å². The molecule has 5 nitrogen and oxygen atoms in total. The molecule has 1 aromatic carbocycles. The summed E-state index contributed by atoms with van der Waals surface area (Å²) < 4.78 is 0. The summed E-state index contributed by atoms with van der Waals surface area (Å²) in [6, 6.07) is 11.9. The van der Waals surface area contributed by atoms with Crippen LogP contribution in [0.2, 0.25) is 0 Å². The molecule has 0 aliphatic carbocycles. The monoisotopic (exact) mass is 323 g/mol. The summed E-state index contributed by atoms with van der Waals surface area (Å²) in [4.78, 5) is 28.7. The highest BCUT2D eigenvalue weighted by Gasteiger charge is 2.29. The molecule has 0 saturated carbocycles. The number of carbonyl (C=O) groups is 2. The molecule has 0 spiro atoms. The van der Waals surface area contributed by atoms with Crippen LogP contribution in [0.5, 0.6) is 0 Å². The van der Waals surface area contributed by atoms with Gasteiger partial charge in [0.25, 0.3) is 0 Å². The van der Waals surface area contributed by atoms with E-state index in [2.05, 4.69) is 15.6 Å². The summed E-state index contributed by atoms with van der Waals surface area (Å²) in [5.74, 6) is -0.643. The molecule has 1 unspecified atom stereocenters. The van der Waals surface area contributed by atoms with Crippen LogP contribution in [0.1, 0.15) is 24.1 Å². The van der Waals surface area contributed by atoms with Crippen LogP contribution in [0, 0.1) is 19.8 Å². The van der Waals surface area contributed by atoms with Gasteiger partial charge >= 0.3 is 0 Å². The van der Waals surface area contributed by atoms with Crippen molar-refractivity contribution in [2.24, 2.45) is 5.92 Å². The zero-order chi connectivity index (χ0) is 17.1. The van der Waals surface area contributed by atoms with Crippen LogP contribution in [0.4, 0.5) is 5.82 Å². The Bertz CT molecular complexity index is 772. The van der Waals surface area contributed by atoms with E-state index in [9.17, 15) is 9.59 Å². The molecule has 1 atom stereocenters. The van der Waals surface area contributed by atoms with Gasteiger partial charge in [-0.25, -0.2) is 4.98 Å². The van der Waals surface area contributed by atoms with Gasteiger partial charge in [-0.3, -0.25) is 9.59 Å². The number of benzene rings is 1. The quantitative estimate of drug-likeness (QED) is 0.853. The summed E-state index contributed by atoms with van der Waals surface area (Å²) in [7, 11) is 0. The zero-order valence-corrected chi connectivity index (χ0v) is 13.9. The van der Waals surface area contributed by atoms with E-state index in [1.807, 2.05) is 50.2 Å². The van der Waals surface area contributed by atoms with Crippen LogP contribution in [0.25, 0.3) is 11.1 Å². The Morgan fingerprint density at radius 1 is 1.25 bits per heavy atom. The number of hydrogen-bond acceptors (Lipinski definition) is 3. The molecule has 1 aliphatic rings. The van der Waals surface area contributed by atoms with Gasteiger partial charge in [0, 0.05) is 12.2 Å². The Balaban J connectivity index is 1.88. The maximum atomic E-state index is 12.4. The Labute approximate surface area is 141 Å². The van der Waals surface area contributed by atoms with Crippen molar-refractivity contribution in [2.45, 2.75) is 26.7 Å². The number of piperidine rings is 1. The molecule has 0 bridgehead atoms. The van der Waals surface area contributed by atoms with Crippen molar-refractivity contribution in [2.75, 3.05) is 11.9 Å². The SMILES string of the molecule is Cc1nc(NC(=O)C2CCCNC2=O)cc(-c2ccccc2)c1C. The van der Waals surface area contributed by atoms with Crippen LogP contribution in [0.3, 0.4) is 0 Å². The number of anilines is 1. The maximum absolute atomic E-state index is 12.4. The van der Waals surface area contributed by atoms with Gasteiger partial charge in [0.15, 0.2) is 0 Å². The molecule has 5 heteroatoms. The largest absolute Gasteiger partial charge is 0.355 e. The smallest absolute Gasteiger partial charge is 0.238 e. The number of nitrogens with zero attached hydrogens (tertiary/aromatic N) is 1. The number of amides is 2. The topological polar surface area (TPSA) is 71.1 Å². The van der Waals surface area contributed by atoms with Crippen molar-refractivity contribution in [3.8, 4) is 11.1 Å². The molecule has 3 rings (SSSR count).